The third kappa shape index (κ3) is 2.41. The van der Waals surface area contributed by atoms with Crippen LogP contribution >= 0.6 is 0 Å². The van der Waals surface area contributed by atoms with Crippen molar-refractivity contribution in [2.75, 3.05) is 24.5 Å². The first-order chi connectivity index (χ1) is 11.6. The molecule has 1 aliphatic heterocycles. The molecule has 1 atom stereocenters. The highest BCUT2D eigenvalue weighted by Gasteiger charge is 2.26. The molecule has 3 aromatic rings. The Labute approximate surface area is 137 Å². The second kappa shape index (κ2) is 5.83. The van der Waals surface area contributed by atoms with E-state index < -0.39 is 11.6 Å². The van der Waals surface area contributed by atoms with Crippen LogP contribution in [0.15, 0.2) is 34.9 Å². The molecule has 1 saturated heterocycles. The minimum atomic E-state index is -0.998. The van der Waals surface area contributed by atoms with E-state index in [1.807, 2.05) is 11.8 Å². The summed E-state index contributed by atoms with van der Waals surface area (Å²) < 4.78 is 34.1. The van der Waals surface area contributed by atoms with Crippen molar-refractivity contribution in [1.29, 1.82) is 0 Å². The highest BCUT2D eigenvalue weighted by atomic mass is 19.2. The van der Waals surface area contributed by atoms with E-state index in [1.165, 1.54) is 0 Å². The summed E-state index contributed by atoms with van der Waals surface area (Å²) in [5.74, 6) is -1.96. The SMILES string of the molecule is CC1CNCCN1c1nc2c(F)c(F)cc(-c3ccccn3)c2o1. The molecule has 0 aliphatic carbocycles. The summed E-state index contributed by atoms with van der Waals surface area (Å²) in [7, 11) is 0. The lowest BCUT2D eigenvalue weighted by Gasteiger charge is -2.32. The van der Waals surface area contributed by atoms with Crippen LogP contribution in [0, 0.1) is 11.6 Å². The molecule has 2 aromatic heterocycles. The van der Waals surface area contributed by atoms with Crippen LogP contribution in [0.3, 0.4) is 0 Å². The Morgan fingerprint density at radius 3 is 2.96 bits per heavy atom. The average molecular weight is 330 g/mol. The number of hydrogen-bond donors (Lipinski definition) is 1. The molecular formula is C17H16F2N4O. The Kier molecular flexibility index (Phi) is 3.65. The Balaban J connectivity index is 1.90. The average Bonchev–Trinajstić information content (AvgIpc) is 3.04. The molecule has 0 saturated carbocycles. The van der Waals surface area contributed by atoms with Crippen LogP contribution in [0.25, 0.3) is 22.4 Å². The van der Waals surface area contributed by atoms with Crippen molar-refractivity contribution in [2.24, 2.45) is 0 Å². The number of nitrogens with one attached hydrogen (secondary N) is 1. The summed E-state index contributed by atoms with van der Waals surface area (Å²) in [5.41, 5.74) is 1.02. The van der Waals surface area contributed by atoms with Crippen molar-refractivity contribution in [3.8, 4) is 11.3 Å². The second-order valence-corrected chi connectivity index (χ2v) is 5.86. The Bertz CT molecular complexity index is 881. The molecule has 1 aliphatic rings. The summed E-state index contributed by atoms with van der Waals surface area (Å²) >= 11 is 0. The van der Waals surface area contributed by atoms with Crippen molar-refractivity contribution >= 4 is 17.1 Å². The Hall–Kier alpha value is -2.54. The van der Waals surface area contributed by atoms with Gasteiger partial charge in [0.2, 0.25) is 0 Å². The minimum Gasteiger partial charge on any atom is -0.423 e. The molecule has 0 radical (unpaired) electrons. The van der Waals surface area contributed by atoms with Gasteiger partial charge in [-0.2, -0.15) is 4.98 Å². The molecule has 0 amide bonds. The molecule has 24 heavy (non-hydrogen) atoms. The van der Waals surface area contributed by atoms with Crippen LogP contribution < -0.4 is 10.2 Å². The second-order valence-electron chi connectivity index (χ2n) is 5.86. The largest absolute Gasteiger partial charge is 0.423 e. The van der Waals surface area contributed by atoms with Crippen molar-refractivity contribution in [2.45, 2.75) is 13.0 Å². The van der Waals surface area contributed by atoms with Gasteiger partial charge >= 0.3 is 0 Å². The lowest BCUT2D eigenvalue weighted by molar-refractivity contribution is 0.456. The lowest BCUT2D eigenvalue weighted by Crippen LogP contribution is -2.50. The molecular weight excluding hydrogens is 314 g/mol. The molecule has 1 fully saturated rings. The fraction of sp³-hybridized carbons (Fsp3) is 0.294. The molecule has 5 nitrogen and oxygen atoms in total. The van der Waals surface area contributed by atoms with Gasteiger partial charge in [-0.3, -0.25) is 4.98 Å². The van der Waals surface area contributed by atoms with Gasteiger partial charge in [-0.05, 0) is 25.1 Å². The van der Waals surface area contributed by atoms with Crippen LogP contribution in [0.1, 0.15) is 6.92 Å². The predicted molar refractivity (Wildman–Crippen MR) is 86.8 cm³/mol. The third-order valence-electron chi connectivity index (χ3n) is 4.24. The summed E-state index contributed by atoms with van der Waals surface area (Å²) in [4.78, 5) is 10.4. The maximum atomic E-state index is 14.2. The minimum absolute atomic E-state index is 0.101. The number of anilines is 1. The van der Waals surface area contributed by atoms with Gasteiger partial charge < -0.3 is 14.6 Å². The van der Waals surface area contributed by atoms with E-state index in [-0.39, 0.29) is 17.1 Å². The summed E-state index contributed by atoms with van der Waals surface area (Å²) in [5, 5.41) is 3.27. The number of aromatic nitrogens is 2. The normalized spacial score (nSPS) is 18.3. The molecule has 1 unspecified atom stereocenters. The first kappa shape index (κ1) is 15.0. The van der Waals surface area contributed by atoms with E-state index in [2.05, 4.69) is 15.3 Å². The van der Waals surface area contributed by atoms with Gasteiger partial charge in [-0.25, -0.2) is 8.78 Å². The van der Waals surface area contributed by atoms with Gasteiger partial charge in [0.1, 0.15) is 0 Å². The Morgan fingerprint density at radius 2 is 2.21 bits per heavy atom. The van der Waals surface area contributed by atoms with E-state index in [0.29, 0.717) is 23.8 Å². The van der Waals surface area contributed by atoms with Gasteiger partial charge in [-0.15, -0.1) is 0 Å². The maximum absolute atomic E-state index is 14.2. The van der Waals surface area contributed by atoms with Gasteiger partial charge in [-0.1, -0.05) is 6.07 Å². The highest BCUT2D eigenvalue weighted by Crippen LogP contribution is 2.34. The fourth-order valence-corrected chi connectivity index (χ4v) is 2.97. The summed E-state index contributed by atoms with van der Waals surface area (Å²) in [6.07, 6.45) is 1.60. The number of hydrogen-bond acceptors (Lipinski definition) is 5. The van der Waals surface area contributed by atoms with Crippen LogP contribution in [0.2, 0.25) is 0 Å². The first-order valence-corrected chi connectivity index (χ1v) is 7.82. The quantitative estimate of drug-likeness (QED) is 0.783. The number of rotatable bonds is 2. The van der Waals surface area contributed by atoms with Crippen LogP contribution in [-0.2, 0) is 0 Å². The number of benzene rings is 1. The molecule has 3 heterocycles. The van der Waals surface area contributed by atoms with Crippen molar-refractivity contribution in [3.05, 3.63) is 42.1 Å². The highest BCUT2D eigenvalue weighted by molar-refractivity contribution is 5.90. The van der Waals surface area contributed by atoms with E-state index in [1.54, 1.807) is 24.4 Å². The number of halogens is 2. The van der Waals surface area contributed by atoms with Crippen molar-refractivity contribution in [3.63, 3.8) is 0 Å². The van der Waals surface area contributed by atoms with Gasteiger partial charge in [0.15, 0.2) is 22.7 Å². The monoisotopic (exact) mass is 330 g/mol. The number of piperazine rings is 1. The molecule has 1 N–H and O–H groups in total. The predicted octanol–water partition coefficient (Wildman–Crippen LogP) is 2.97. The third-order valence-corrected chi connectivity index (χ3v) is 4.24. The van der Waals surface area contributed by atoms with Gasteiger partial charge in [0.05, 0.1) is 5.69 Å². The molecule has 0 bridgehead atoms. The van der Waals surface area contributed by atoms with Crippen LogP contribution in [0.5, 0.6) is 0 Å². The van der Waals surface area contributed by atoms with Crippen LogP contribution in [0.4, 0.5) is 14.8 Å². The molecule has 7 heteroatoms. The maximum Gasteiger partial charge on any atom is 0.298 e. The zero-order chi connectivity index (χ0) is 16.7. The standard InChI is InChI=1S/C17H16F2N4O/c1-10-9-20-6-7-23(10)17-22-15-14(19)12(18)8-11(16(15)24-17)13-4-2-3-5-21-13/h2-5,8,10,20H,6-7,9H2,1H3. The van der Waals surface area contributed by atoms with Crippen molar-refractivity contribution < 1.29 is 13.2 Å². The van der Waals surface area contributed by atoms with Crippen molar-refractivity contribution in [1.82, 2.24) is 15.3 Å². The zero-order valence-corrected chi connectivity index (χ0v) is 13.1. The lowest BCUT2D eigenvalue weighted by atomic mass is 10.1. The molecule has 124 valence electrons. The van der Waals surface area contributed by atoms with E-state index in [0.717, 1.165) is 19.2 Å². The zero-order valence-electron chi connectivity index (χ0n) is 13.1. The number of oxazole rings is 1. The van der Waals surface area contributed by atoms with E-state index in [9.17, 15) is 8.78 Å². The molecule has 4 rings (SSSR count). The number of fused-ring (bicyclic) bond motifs is 1. The summed E-state index contributed by atoms with van der Waals surface area (Å²) in [6.45, 7) is 4.28. The topological polar surface area (TPSA) is 54.2 Å². The van der Waals surface area contributed by atoms with E-state index in [4.69, 9.17) is 4.42 Å². The van der Waals surface area contributed by atoms with Gasteiger partial charge in [0.25, 0.3) is 6.01 Å². The smallest absolute Gasteiger partial charge is 0.298 e. The van der Waals surface area contributed by atoms with Gasteiger partial charge in [0, 0.05) is 37.4 Å². The molecule has 1 aromatic carbocycles. The number of pyridine rings is 1. The van der Waals surface area contributed by atoms with E-state index >= 15 is 0 Å². The van der Waals surface area contributed by atoms with Crippen LogP contribution in [-0.4, -0.2) is 35.6 Å². The molecule has 0 spiro atoms. The Morgan fingerprint density at radius 1 is 1.33 bits per heavy atom. The summed E-state index contributed by atoms with van der Waals surface area (Å²) in [6, 6.07) is 6.83. The number of nitrogens with zero attached hydrogens (tertiary/aromatic N) is 3. The fourth-order valence-electron chi connectivity index (χ4n) is 2.97. The first-order valence-electron chi connectivity index (χ1n) is 7.82.